The molecule has 56 valence electrons. The van der Waals surface area contributed by atoms with Gasteiger partial charge in [0.25, 0.3) is 0 Å². The Bertz CT molecular complexity index is 92.8. The van der Waals surface area contributed by atoms with Gasteiger partial charge in [0.2, 0.25) is 0 Å². The van der Waals surface area contributed by atoms with E-state index in [0.717, 1.165) is 0 Å². The Morgan fingerprint density at radius 2 is 1.50 bits per heavy atom. The van der Waals surface area contributed by atoms with Crippen molar-refractivity contribution in [3.8, 4) is 0 Å². The van der Waals surface area contributed by atoms with Crippen molar-refractivity contribution >= 4 is 0 Å². The van der Waals surface area contributed by atoms with Gasteiger partial charge in [-0.05, 0) is 13.8 Å². The van der Waals surface area contributed by atoms with Crippen LogP contribution in [0.15, 0.2) is 30.3 Å². The predicted octanol–water partition coefficient (Wildman–Crippen LogP) is 1.79. The summed E-state index contributed by atoms with van der Waals surface area (Å²) in [5, 5.41) is 8.06. The van der Waals surface area contributed by atoms with Crippen LogP contribution < -0.4 is 0 Å². The zero-order chi connectivity index (χ0) is 7.11. The Hall–Kier alpha value is 0.0243. The standard InChI is InChI=1S/C5H5.C3H8O.Ti/c1-2-4-5-3-1;1-3(2)4;/h1-5H;3-4H,1-2H3;/q-1;;. The van der Waals surface area contributed by atoms with Crippen molar-refractivity contribution in [2.24, 2.45) is 0 Å². The van der Waals surface area contributed by atoms with Crippen molar-refractivity contribution in [1.29, 1.82) is 0 Å². The summed E-state index contributed by atoms with van der Waals surface area (Å²) in [4.78, 5) is 0. The molecule has 0 unspecified atom stereocenters. The minimum absolute atomic E-state index is 0. The third-order valence-corrected chi connectivity index (χ3v) is 0.556. The zero-order valence-corrected chi connectivity index (χ0v) is 7.97. The van der Waals surface area contributed by atoms with Gasteiger partial charge >= 0.3 is 0 Å². The van der Waals surface area contributed by atoms with Crippen LogP contribution in [0.3, 0.4) is 0 Å². The Morgan fingerprint density at radius 1 is 1.20 bits per heavy atom. The molecular formula is C8H13OTi-. The number of aliphatic hydroxyl groups is 1. The molecule has 0 radical (unpaired) electrons. The fourth-order valence-electron chi connectivity index (χ4n) is 0.321. The van der Waals surface area contributed by atoms with E-state index >= 15 is 0 Å². The maximum Gasteiger partial charge on any atom is 0.0483 e. The van der Waals surface area contributed by atoms with Gasteiger partial charge in [-0.1, -0.05) is 0 Å². The number of rotatable bonds is 0. The molecule has 0 bridgehead atoms. The van der Waals surface area contributed by atoms with Gasteiger partial charge in [-0.25, -0.2) is 12.1 Å². The van der Waals surface area contributed by atoms with Gasteiger partial charge in [0.1, 0.15) is 0 Å². The fourth-order valence-corrected chi connectivity index (χ4v) is 0.321. The van der Waals surface area contributed by atoms with Crippen LogP contribution in [0.5, 0.6) is 0 Å². The molecule has 0 atom stereocenters. The first-order chi connectivity index (χ1) is 4.23. The monoisotopic (exact) mass is 173 g/mol. The summed E-state index contributed by atoms with van der Waals surface area (Å²) in [6, 6.07) is 10.0. The third-order valence-electron chi connectivity index (χ3n) is 0.556. The quantitative estimate of drug-likeness (QED) is 0.468. The van der Waals surface area contributed by atoms with Gasteiger partial charge < -0.3 is 5.11 Å². The minimum atomic E-state index is -0.167. The molecule has 0 aliphatic carbocycles. The summed E-state index contributed by atoms with van der Waals surface area (Å²) >= 11 is 0. The predicted molar refractivity (Wildman–Crippen MR) is 39.4 cm³/mol. The van der Waals surface area contributed by atoms with Crippen LogP contribution in [0.4, 0.5) is 0 Å². The van der Waals surface area contributed by atoms with Crippen LogP contribution in [0.2, 0.25) is 0 Å². The topological polar surface area (TPSA) is 20.2 Å². The van der Waals surface area contributed by atoms with E-state index in [9.17, 15) is 0 Å². The van der Waals surface area contributed by atoms with E-state index in [1.54, 1.807) is 13.8 Å². The van der Waals surface area contributed by atoms with E-state index in [2.05, 4.69) is 0 Å². The third kappa shape index (κ3) is 15.7. The molecule has 0 spiro atoms. The second kappa shape index (κ2) is 9.02. The smallest absolute Gasteiger partial charge is 0.0483 e. The summed E-state index contributed by atoms with van der Waals surface area (Å²) in [6.45, 7) is 3.44. The Labute approximate surface area is 77.3 Å². The molecule has 1 nitrogen and oxygen atoms in total. The van der Waals surface area contributed by atoms with Gasteiger partial charge in [0.15, 0.2) is 0 Å². The van der Waals surface area contributed by atoms with Crippen molar-refractivity contribution in [1.82, 2.24) is 0 Å². The van der Waals surface area contributed by atoms with Crippen LogP contribution >= 0.6 is 0 Å². The largest absolute Gasteiger partial charge is 0.394 e. The van der Waals surface area contributed by atoms with Gasteiger partial charge in [-0.2, -0.15) is 18.2 Å². The summed E-state index contributed by atoms with van der Waals surface area (Å²) in [7, 11) is 0. The molecule has 0 saturated heterocycles. The molecule has 0 heterocycles. The molecule has 10 heavy (non-hydrogen) atoms. The van der Waals surface area contributed by atoms with Crippen molar-refractivity contribution < 1.29 is 26.8 Å². The Balaban J connectivity index is 0. The van der Waals surface area contributed by atoms with E-state index in [-0.39, 0.29) is 27.8 Å². The molecule has 1 aromatic carbocycles. The average Bonchev–Trinajstić information content (AvgIpc) is 2.11. The Kier molecular flexibility index (Phi) is 11.4. The van der Waals surface area contributed by atoms with Gasteiger partial charge in [-0.15, -0.1) is 0 Å². The molecule has 1 rings (SSSR count). The minimum Gasteiger partial charge on any atom is -0.394 e. The Morgan fingerprint density at radius 3 is 1.60 bits per heavy atom. The fraction of sp³-hybridized carbons (Fsp3) is 0.375. The van der Waals surface area contributed by atoms with E-state index in [0.29, 0.717) is 0 Å². The van der Waals surface area contributed by atoms with Crippen LogP contribution in [-0.2, 0) is 21.7 Å². The van der Waals surface area contributed by atoms with Crippen molar-refractivity contribution in [3.05, 3.63) is 30.3 Å². The molecule has 0 fully saturated rings. The second-order valence-electron chi connectivity index (χ2n) is 2.06. The van der Waals surface area contributed by atoms with Crippen molar-refractivity contribution in [2.75, 3.05) is 0 Å². The SMILES string of the molecule is CC(C)O.[Ti].c1cc[cH-]c1. The zero-order valence-electron chi connectivity index (χ0n) is 6.41. The number of hydrogen-bond donors (Lipinski definition) is 1. The maximum atomic E-state index is 8.06. The van der Waals surface area contributed by atoms with Gasteiger partial charge in [-0.3, -0.25) is 0 Å². The molecule has 1 N–H and O–H groups in total. The summed E-state index contributed by atoms with van der Waals surface area (Å²) in [6.07, 6.45) is -0.167. The number of aliphatic hydroxyl groups excluding tert-OH is 1. The molecule has 2 heteroatoms. The van der Waals surface area contributed by atoms with Crippen molar-refractivity contribution in [2.45, 2.75) is 20.0 Å². The first kappa shape index (κ1) is 12.7. The van der Waals surface area contributed by atoms with Crippen LogP contribution in [-0.4, -0.2) is 11.2 Å². The molecule has 0 saturated carbocycles. The summed E-state index contributed by atoms with van der Waals surface area (Å²) in [5.74, 6) is 0. The van der Waals surface area contributed by atoms with E-state index in [1.807, 2.05) is 30.3 Å². The first-order valence-electron chi connectivity index (χ1n) is 3.08. The van der Waals surface area contributed by atoms with Gasteiger partial charge in [0.05, 0.1) is 0 Å². The second-order valence-corrected chi connectivity index (χ2v) is 2.06. The molecule has 0 aliphatic rings. The summed E-state index contributed by atoms with van der Waals surface area (Å²) < 4.78 is 0. The molecule has 1 aromatic rings. The van der Waals surface area contributed by atoms with E-state index in [4.69, 9.17) is 5.11 Å². The first-order valence-corrected chi connectivity index (χ1v) is 3.08. The number of hydrogen-bond acceptors (Lipinski definition) is 1. The van der Waals surface area contributed by atoms with Crippen LogP contribution in [0, 0.1) is 0 Å². The molecule has 0 aromatic heterocycles. The molecular weight excluding hydrogens is 160 g/mol. The van der Waals surface area contributed by atoms with Gasteiger partial charge in [0, 0.05) is 27.8 Å². The van der Waals surface area contributed by atoms with E-state index < -0.39 is 0 Å². The normalized spacial score (nSPS) is 7.60. The molecule has 0 amide bonds. The van der Waals surface area contributed by atoms with E-state index in [1.165, 1.54) is 0 Å². The van der Waals surface area contributed by atoms with Crippen molar-refractivity contribution in [3.63, 3.8) is 0 Å². The maximum absolute atomic E-state index is 8.06. The van der Waals surface area contributed by atoms with Crippen LogP contribution in [0.25, 0.3) is 0 Å². The molecule has 0 aliphatic heterocycles. The average molecular weight is 173 g/mol. The summed E-state index contributed by atoms with van der Waals surface area (Å²) in [5.41, 5.74) is 0. The van der Waals surface area contributed by atoms with Crippen LogP contribution in [0.1, 0.15) is 13.8 Å².